The largest absolute Gasteiger partial charge is 0.444 e. The molecular formula is C25H30F2N2O4. The smallest absolute Gasteiger partial charge is 0.405 e. The molecule has 1 aliphatic carbocycles. The van der Waals surface area contributed by atoms with Crippen molar-refractivity contribution < 1.29 is 27.9 Å². The molecule has 3 rings (SSSR count). The first-order chi connectivity index (χ1) is 15.2. The summed E-state index contributed by atoms with van der Waals surface area (Å²) < 4.78 is 32.1. The van der Waals surface area contributed by atoms with Crippen molar-refractivity contribution >= 4 is 17.8 Å². The summed E-state index contributed by atoms with van der Waals surface area (Å²) in [6, 6.07) is 10.5. The second-order valence-corrected chi connectivity index (χ2v) is 9.43. The predicted molar refractivity (Wildman–Crippen MR) is 121 cm³/mol. The first kappa shape index (κ1) is 26.0. The van der Waals surface area contributed by atoms with Gasteiger partial charge in [0.25, 0.3) is 5.91 Å². The van der Waals surface area contributed by atoms with E-state index in [2.05, 4.69) is 10.1 Å². The molecule has 0 heterocycles. The Morgan fingerprint density at radius 3 is 1.85 bits per heavy atom. The van der Waals surface area contributed by atoms with E-state index in [0.29, 0.717) is 11.5 Å². The van der Waals surface area contributed by atoms with E-state index in [1.807, 2.05) is 12.1 Å². The summed E-state index contributed by atoms with van der Waals surface area (Å²) in [5.74, 6) is -2.62. The number of ether oxygens (including phenoxy) is 1. The Morgan fingerprint density at radius 2 is 1.45 bits per heavy atom. The number of nitrogens with two attached hydrogens (primary N) is 1. The standard InChI is InChI=1S/C20H19F2NO2.C5H11NO2/c1-20(2,23-19(25)17-15(21)4-3-5-16(17)22)18(24)14-10-8-13(9-11-14)12-6-7-12;1-5(2,3)8-4(6)7/h3-5,8-12H,6-7H2,1-2H3,(H,23,25);1-3H3,(H2,6,7). The van der Waals surface area contributed by atoms with Gasteiger partial charge in [-0.1, -0.05) is 30.3 Å². The summed E-state index contributed by atoms with van der Waals surface area (Å²) in [6.07, 6.45) is 1.61. The van der Waals surface area contributed by atoms with Crippen molar-refractivity contribution in [3.63, 3.8) is 0 Å². The normalized spacial score (nSPS) is 13.4. The number of carbonyl (C=O) groups is 3. The van der Waals surface area contributed by atoms with Gasteiger partial charge in [0.2, 0.25) is 0 Å². The third kappa shape index (κ3) is 7.66. The fourth-order valence-electron chi connectivity index (χ4n) is 3.10. The molecule has 0 bridgehead atoms. The lowest BCUT2D eigenvalue weighted by molar-refractivity contribution is 0.0599. The summed E-state index contributed by atoms with van der Waals surface area (Å²) in [5.41, 5.74) is 3.93. The molecule has 2 aromatic rings. The quantitative estimate of drug-likeness (QED) is 0.606. The molecule has 3 N–H and O–H groups in total. The van der Waals surface area contributed by atoms with E-state index < -0.39 is 40.3 Å². The van der Waals surface area contributed by atoms with Gasteiger partial charge >= 0.3 is 6.09 Å². The number of hydrogen-bond acceptors (Lipinski definition) is 4. The number of carbonyl (C=O) groups excluding carboxylic acids is 3. The van der Waals surface area contributed by atoms with Gasteiger partial charge in [-0.15, -0.1) is 0 Å². The van der Waals surface area contributed by atoms with Crippen LogP contribution in [0.2, 0.25) is 0 Å². The van der Waals surface area contributed by atoms with Crippen LogP contribution in [0.4, 0.5) is 13.6 Å². The van der Waals surface area contributed by atoms with Crippen molar-refractivity contribution in [3.8, 4) is 0 Å². The van der Waals surface area contributed by atoms with Crippen LogP contribution in [0.15, 0.2) is 42.5 Å². The van der Waals surface area contributed by atoms with Crippen LogP contribution < -0.4 is 11.1 Å². The number of ketones is 1. The molecule has 2 aromatic carbocycles. The zero-order valence-electron chi connectivity index (χ0n) is 19.5. The lowest BCUT2D eigenvalue weighted by Gasteiger charge is -2.25. The molecule has 0 atom stereocenters. The van der Waals surface area contributed by atoms with Crippen LogP contribution >= 0.6 is 0 Å². The van der Waals surface area contributed by atoms with E-state index in [9.17, 15) is 23.2 Å². The molecule has 1 fully saturated rings. The van der Waals surface area contributed by atoms with Crippen LogP contribution in [0.3, 0.4) is 0 Å². The molecule has 6 nitrogen and oxygen atoms in total. The number of nitrogens with one attached hydrogen (secondary N) is 1. The number of hydrogen-bond donors (Lipinski definition) is 2. The monoisotopic (exact) mass is 460 g/mol. The summed E-state index contributed by atoms with van der Waals surface area (Å²) in [5, 5.41) is 2.43. The fraction of sp³-hybridized carbons (Fsp3) is 0.400. The van der Waals surface area contributed by atoms with Crippen LogP contribution in [0.25, 0.3) is 0 Å². The molecule has 1 aliphatic rings. The van der Waals surface area contributed by atoms with Crippen molar-refractivity contribution in [2.24, 2.45) is 5.73 Å². The maximum absolute atomic E-state index is 13.7. The molecule has 1 saturated carbocycles. The lowest BCUT2D eigenvalue weighted by Crippen LogP contribution is -2.50. The van der Waals surface area contributed by atoms with Crippen molar-refractivity contribution in [1.82, 2.24) is 5.32 Å². The minimum absolute atomic E-state index is 0.319. The number of benzene rings is 2. The van der Waals surface area contributed by atoms with Gasteiger partial charge in [-0.2, -0.15) is 0 Å². The van der Waals surface area contributed by atoms with Gasteiger partial charge in [-0.3, -0.25) is 9.59 Å². The van der Waals surface area contributed by atoms with E-state index in [0.717, 1.165) is 12.1 Å². The van der Waals surface area contributed by atoms with E-state index in [1.165, 1.54) is 38.3 Å². The van der Waals surface area contributed by atoms with E-state index in [4.69, 9.17) is 5.73 Å². The molecule has 0 unspecified atom stereocenters. The highest BCUT2D eigenvalue weighted by atomic mass is 19.1. The zero-order chi connectivity index (χ0) is 25.0. The zero-order valence-corrected chi connectivity index (χ0v) is 19.5. The average molecular weight is 461 g/mol. The van der Waals surface area contributed by atoms with Gasteiger partial charge in [-0.25, -0.2) is 13.6 Å². The molecule has 0 spiro atoms. The highest BCUT2D eigenvalue weighted by Crippen LogP contribution is 2.40. The summed E-state index contributed by atoms with van der Waals surface area (Å²) >= 11 is 0. The second kappa shape index (κ2) is 10.1. The summed E-state index contributed by atoms with van der Waals surface area (Å²) in [4.78, 5) is 35.0. The minimum Gasteiger partial charge on any atom is -0.444 e. The summed E-state index contributed by atoms with van der Waals surface area (Å²) in [6.45, 7) is 8.31. The van der Waals surface area contributed by atoms with Gasteiger partial charge in [0, 0.05) is 5.56 Å². The Balaban J connectivity index is 0.000000414. The van der Waals surface area contributed by atoms with E-state index in [1.54, 1.807) is 32.9 Å². The number of halogens is 2. The Hall–Kier alpha value is -3.29. The topological polar surface area (TPSA) is 98.5 Å². The first-order valence-electron chi connectivity index (χ1n) is 10.6. The average Bonchev–Trinajstić information content (AvgIpc) is 3.51. The van der Waals surface area contributed by atoms with Crippen LogP contribution in [0.1, 0.15) is 79.7 Å². The maximum Gasteiger partial charge on any atom is 0.405 e. The Kier molecular flexibility index (Phi) is 7.95. The van der Waals surface area contributed by atoms with Gasteiger partial charge in [0.1, 0.15) is 22.8 Å². The first-order valence-corrected chi connectivity index (χ1v) is 10.6. The van der Waals surface area contributed by atoms with Crippen molar-refractivity contribution in [1.29, 1.82) is 0 Å². The van der Waals surface area contributed by atoms with E-state index in [-0.39, 0.29) is 5.78 Å². The third-order valence-corrected chi connectivity index (χ3v) is 4.81. The van der Waals surface area contributed by atoms with E-state index >= 15 is 0 Å². The van der Waals surface area contributed by atoms with Crippen molar-refractivity contribution in [3.05, 3.63) is 70.8 Å². The molecule has 0 saturated heterocycles. The molecule has 0 aromatic heterocycles. The second-order valence-electron chi connectivity index (χ2n) is 9.43. The minimum atomic E-state index is -1.30. The van der Waals surface area contributed by atoms with Crippen molar-refractivity contribution in [2.45, 2.75) is 64.5 Å². The molecule has 33 heavy (non-hydrogen) atoms. The predicted octanol–water partition coefficient (Wildman–Crippen LogP) is 5.11. The Bertz CT molecular complexity index is 1000. The van der Waals surface area contributed by atoms with Gasteiger partial charge in [-0.05, 0) is 71.1 Å². The third-order valence-electron chi connectivity index (χ3n) is 4.81. The van der Waals surface area contributed by atoms with Crippen molar-refractivity contribution in [2.75, 3.05) is 0 Å². The molecule has 2 amide bonds. The molecule has 0 aliphatic heterocycles. The lowest BCUT2D eigenvalue weighted by atomic mass is 9.92. The molecule has 0 radical (unpaired) electrons. The van der Waals surface area contributed by atoms with Gasteiger partial charge in [0.05, 0.1) is 5.54 Å². The number of amides is 2. The van der Waals surface area contributed by atoms with Gasteiger partial charge < -0.3 is 15.8 Å². The van der Waals surface area contributed by atoms with Crippen LogP contribution in [0, 0.1) is 11.6 Å². The fourth-order valence-corrected chi connectivity index (χ4v) is 3.10. The Labute approximate surface area is 192 Å². The Morgan fingerprint density at radius 1 is 0.939 bits per heavy atom. The van der Waals surface area contributed by atoms with Crippen LogP contribution in [-0.4, -0.2) is 28.9 Å². The highest BCUT2D eigenvalue weighted by molar-refractivity contribution is 6.06. The molecule has 8 heteroatoms. The molecule has 178 valence electrons. The van der Waals surface area contributed by atoms with Gasteiger partial charge in [0.15, 0.2) is 5.78 Å². The maximum atomic E-state index is 13.7. The highest BCUT2D eigenvalue weighted by Gasteiger charge is 2.32. The molecular weight excluding hydrogens is 430 g/mol. The van der Waals surface area contributed by atoms with Crippen LogP contribution in [0.5, 0.6) is 0 Å². The number of Topliss-reactive ketones (excluding diaryl/α,β-unsaturated/α-hetero) is 1. The SMILES string of the molecule is CC(C)(C)OC(N)=O.CC(C)(NC(=O)c1c(F)cccc1F)C(=O)c1ccc(C2CC2)cc1. The summed E-state index contributed by atoms with van der Waals surface area (Å²) in [7, 11) is 0. The number of primary amides is 1. The van der Waals surface area contributed by atoms with Crippen LogP contribution in [-0.2, 0) is 4.74 Å². The number of rotatable bonds is 5.